The molecule has 17 heavy (non-hydrogen) atoms. The van der Waals surface area contributed by atoms with Gasteiger partial charge in [0.05, 0.1) is 6.10 Å². The summed E-state index contributed by atoms with van der Waals surface area (Å²) in [5, 5.41) is 11.1. The number of hydrogen-bond donors (Lipinski definition) is 2. The Bertz CT molecular complexity index is 275. The van der Waals surface area contributed by atoms with E-state index in [1.807, 2.05) is 6.92 Å². The Kier molecular flexibility index (Phi) is 5.21. The van der Waals surface area contributed by atoms with Gasteiger partial charge in [-0.3, -0.25) is 4.79 Å². The van der Waals surface area contributed by atoms with E-state index in [9.17, 15) is 9.59 Å². The zero-order chi connectivity index (χ0) is 12.8. The van der Waals surface area contributed by atoms with Crippen molar-refractivity contribution in [1.82, 2.24) is 10.2 Å². The number of nitrogens with one attached hydrogen (secondary N) is 1. The Hall–Kier alpha value is -1.30. The van der Waals surface area contributed by atoms with Crippen LogP contribution in [0.15, 0.2) is 0 Å². The summed E-state index contributed by atoms with van der Waals surface area (Å²) in [5.74, 6) is -1.03. The van der Waals surface area contributed by atoms with Crippen LogP contribution in [0.1, 0.15) is 26.7 Å². The van der Waals surface area contributed by atoms with E-state index in [1.165, 1.54) is 6.92 Å². The van der Waals surface area contributed by atoms with E-state index in [0.29, 0.717) is 19.7 Å². The lowest BCUT2D eigenvalue weighted by Gasteiger charge is -2.32. The molecule has 2 amide bonds. The first-order chi connectivity index (χ1) is 8.04. The Balaban J connectivity index is 2.33. The van der Waals surface area contributed by atoms with E-state index in [4.69, 9.17) is 9.84 Å². The molecule has 1 atom stereocenters. The number of urea groups is 1. The molecule has 0 aliphatic carbocycles. The zero-order valence-corrected chi connectivity index (χ0v) is 10.3. The second-order valence-corrected chi connectivity index (χ2v) is 4.15. The molecule has 0 unspecified atom stereocenters. The van der Waals surface area contributed by atoms with Crippen LogP contribution in [0.2, 0.25) is 0 Å². The summed E-state index contributed by atoms with van der Waals surface area (Å²) in [6.07, 6.45) is 1.84. The van der Waals surface area contributed by atoms with Crippen molar-refractivity contribution in [2.45, 2.75) is 38.8 Å². The van der Waals surface area contributed by atoms with E-state index in [-0.39, 0.29) is 12.1 Å². The van der Waals surface area contributed by atoms with Gasteiger partial charge in [-0.25, -0.2) is 4.79 Å². The van der Waals surface area contributed by atoms with Crippen molar-refractivity contribution >= 4 is 12.0 Å². The van der Waals surface area contributed by atoms with E-state index >= 15 is 0 Å². The smallest absolute Gasteiger partial charge is 0.325 e. The maximum Gasteiger partial charge on any atom is 0.325 e. The highest BCUT2D eigenvalue weighted by atomic mass is 16.5. The molecule has 0 saturated carbocycles. The topological polar surface area (TPSA) is 78.9 Å². The Morgan fingerprint density at radius 2 is 2.06 bits per heavy atom. The first kappa shape index (κ1) is 13.8. The van der Waals surface area contributed by atoms with Crippen molar-refractivity contribution in [1.29, 1.82) is 0 Å². The maximum absolute atomic E-state index is 11.7. The lowest BCUT2D eigenvalue weighted by Crippen LogP contribution is -2.50. The monoisotopic (exact) mass is 244 g/mol. The van der Waals surface area contributed by atoms with Gasteiger partial charge < -0.3 is 20.1 Å². The minimum absolute atomic E-state index is 0.223. The molecule has 0 aromatic rings. The van der Waals surface area contributed by atoms with Crippen molar-refractivity contribution in [2.24, 2.45) is 0 Å². The zero-order valence-electron chi connectivity index (χ0n) is 10.3. The SMILES string of the molecule is CCOC1CCN(C(=O)N[C@H](C)C(=O)O)CC1. The Morgan fingerprint density at radius 1 is 1.47 bits per heavy atom. The highest BCUT2D eigenvalue weighted by Crippen LogP contribution is 2.13. The average molecular weight is 244 g/mol. The summed E-state index contributed by atoms with van der Waals surface area (Å²) in [4.78, 5) is 23.9. The minimum atomic E-state index is -1.03. The average Bonchev–Trinajstić information content (AvgIpc) is 2.30. The number of piperidine rings is 1. The number of nitrogens with zero attached hydrogens (tertiary/aromatic N) is 1. The molecular weight excluding hydrogens is 224 g/mol. The molecule has 0 radical (unpaired) electrons. The molecule has 1 fully saturated rings. The van der Waals surface area contributed by atoms with E-state index in [1.54, 1.807) is 4.90 Å². The molecule has 0 spiro atoms. The standard InChI is InChI=1S/C11H20N2O4/c1-3-17-9-4-6-13(7-5-9)11(16)12-8(2)10(14)15/h8-9H,3-7H2,1-2H3,(H,12,16)(H,14,15)/t8-/m1/s1. The molecular formula is C11H20N2O4. The van der Waals surface area contributed by atoms with Gasteiger partial charge in [0.2, 0.25) is 0 Å². The van der Waals surface area contributed by atoms with Gasteiger partial charge in [-0.05, 0) is 26.7 Å². The van der Waals surface area contributed by atoms with Crippen LogP contribution >= 0.6 is 0 Å². The quantitative estimate of drug-likeness (QED) is 0.762. The largest absolute Gasteiger partial charge is 0.480 e. The van der Waals surface area contributed by atoms with Crippen LogP contribution in [0.25, 0.3) is 0 Å². The molecule has 1 aliphatic heterocycles. The molecule has 1 saturated heterocycles. The first-order valence-corrected chi connectivity index (χ1v) is 5.94. The van der Waals surface area contributed by atoms with E-state index < -0.39 is 12.0 Å². The summed E-state index contributed by atoms with van der Waals surface area (Å²) >= 11 is 0. The van der Waals surface area contributed by atoms with Crippen LogP contribution < -0.4 is 5.32 Å². The van der Waals surface area contributed by atoms with Crippen molar-refractivity contribution < 1.29 is 19.4 Å². The van der Waals surface area contributed by atoms with Crippen LogP contribution in [0.4, 0.5) is 4.79 Å². The molecule has 0 bridgehead atoms. The lowest BCUT2D eigenvalue weighted by molar-refractivity contribution is -0.138. The summed E-state index contributed by atoms with van der Waals surface area (Å²) in [7, 11) is 0. The minimum Gasteiger partial charge on any atom is -0.480 e. The van der Waals surface area contributed by atoms with Crippen molar-refractivity contribution in [3.8, 4) is 0 Å². The number of carboxylic acid groups (broad SMARTS) is 1. The van der Waals surface area contributed by atoms with Crippen molar-refractivity contribution in [2.75, 3.05) is 19.7 Å². The molecule has 1 rings (SSSR count). The number of aliphatic carboxylic acids is 1. The van der Waals surface area contributed by atoms with Crippen LogP contribution in [0, 0.1) is 0 Å². The lowest BCUT2D eigenvalue weighted by atomic mass is 10.1. The van der Waals surface area contributed by atoms with Crippen LogP contribution in [-0.4, -0.2) is 53.8 Å². The van der Waals surface area contributed by atoms with Gasteiger partial charge in [-0.2, -0.15) is 0 Å². The fourth-order valence-electron chi connectivity index (χ4n) is 1.80. The summed E-state index contributed by atoms with van der Waals surface area (Å²) in [6.45, 7) is 5.32. The number of likely N-dealkylation sites (tertiary alicyclic amines) is 1. The molecule has 6 nitrogen and oxygen atoms in total. The van der Waals surface area contributed by atoms with E-state index in [2.05, 4.69) is 5.32 Å². The third-order valence-corrected chi connectivity index (χ3v) is 2.84. The second kappa shape index (κ2) is 6.44. The third kappa shape index (κ3) is 4.22. The highest BCUT2D eigenvalue weighted by molar-refractivity contribution is 5.82. The maximum atomic E-state index is 11.7. The Morgan fingerprint density at radius 3 is 2.53 bits per heavy atom. The third-order valence-electron chi connectivity index (χ3n) is 2.84. The van der Waals surface area contributed by atoms with E-state index in [0.717, 1.165) is 12.8 Å². The van der Waals surface area contributed by atoms with Gasteiger partial charge in [-0.15, -0.1) is 0 Å². The van der Waals surface area contributed by atoms with Crippen LogP contribution in [0.5, 0.6) is 0 Å². The molecule has 1 aliphatic rings. The number of ether oxygens (including phenoxy) is 1. The van der Waals surface area contributed by atoms with Crippen LogP contribution in [-0.2, 0) is 9.53 Å². The number of carboxylic acids is 1. The Labute approximate surface area is 101 Å². The molecule has 6 heteroatoms. The summed E-state index contributed by atoms with van der Waals surface area (Å²) in [6, 6.07) is -1.16. The highest BCUT2D eigenvalue weighted by Gasteiger charge is 2.24. The van der Waals surface area contributed by atoms with Gasteiger partial charge >= 0.3 is 12.0 Å². The normalized spacial score (nSPS) is 18.8. The number of rotatable bonds is 4. The summed E-state index contributed by atoms with van der Waals surface area (Å²) < 4.78 is 5.48. The fraction of sp³-hybridized carbons (Fsp3) is 0.818. The van der Waals surface area contributed by atoms with Gasteiger partial charge in [0.15, 0.2) is 0 Å². The van der Waals surface area contributed by atoms with Gasteiger partial charge in [0.1, 0.15) is 6.04 Å². The second-order valence-electron chi connectivity index (χ2n) is 4.15. The number of carbonyl (C=O) groups is 2. The van der Waals surface area contributed by atoms with Gasteiger partial charge in [0, 0.05) is 19.7 Å². The first-order valence-electron chi connectivity index (χ1n) is 5.94. The molecule has 98 valence electrons. The van der Waals surface area contributed by atoms with Crippen LogP contribution in [0.3, 0.4) is 0 Å². The molecule has 2 N–H and O–H groups in total. The number of hydrogen-bond acceptors (Lipinski definition) is 3. The number of amides is 2. The summed E-state index contributed by atoms with van der Waals surface area (Å²) in [5.41, 5.74) is 0. The predicted octanol–water partition coefficient (Wildman–Crippen LogP) is 0.670. The number of carbonyl (C=O) groups excluding carboxylic acids is 1. The van der Waals surface area contributed by atoms with Crippen molar-refractivity contribution in [3.63, 3.8) is 0 Å². The molecule has 0 aromatic heterocycles. The van der Waals surface area contributed by atoms with Gasteiger partial charge in [-0.1, -0.05) is 0 Å². The van der Waals surface area contributed by atoms with Crippen molar-refractivity contribution in [3.05, 3.63) is 0 Å². The molecule has 1 heterocycles. The predicted molar refractivity (Wildman–Crippen MR) is 61.9 cm³/mol. The van der Waals surface area contributed by atoms with Gasteiger partial charge in [0.25, 0.3) is 0 Å². The molecule has 0 aromatic carbocycles. The fourth-order valence-corrected chi connectivity index (χ4v) is 1.80.